The zero-order valence-corrected chi connectivity index (χ0v) is 7.93. The lowest BCUT2D eigenvalue weighted by Gasteiger charge is -1.99. The van der Waals surface area contributed by atoms with E-state index < -0.39 is 0 Å². The van der Waals surface area contributed by atoms with E-state index in [0.717, 1.165) is 0 Å². The van der Waals surface area contributed by atoms with Crippen LogP contribution in [0.15, 0.2) is 17.2 Å². The van der Waals surface area contributed by atoms with Gasteiger partial charge in [0.2, 0.25) is 0 Å². The van der Waals surface area contributed by atoms with Gasteiger partial charge in [0.25, 0.3) is 0 Å². The number of halogens is 1. The average molecular weight is 200 g/mol. The Kier molecular flexibility index (Phi) is 3.32. The summed E-state index contributed by atoms with van der Waals surface area (Å²) in [4.78, 5) is 0. The maximum Gasteiger partial charge on any atom is 0.151 e. The third-order valence-corrected chi connectivity index (χ3v) is 2.21. The number of hydrogen-bond donors (Lipinski definition) is 0. The fourth-order valence-electron chi connectivity index (χ4n) is 0.574. The summed E-state index contributed by atoms with van der Waals surface area (Å²) < 4.78 is 0. The molecule has 0 fully saturated rings. The topological polar surface area (TPSA) is 49.6 Å². The van der Waals surface area contributed by atoms with Crippen molar-refractivity contribution < 1.29 is 0 Å². The highest BCUT2D eigenvalue weighted by molar-refractivity contribution is 8.00. The second-order valence-electron chi connectivity index (χ2n) is 2.08. The van der Waals surface area contributed by atoms with Gasteiger partial charge < -0.3 is 0 Å². The zero-order chi connectivity index (χ0) is 8.97. The summed E-state index contributed by atoms with van der Waals surface area (Å²) in [7, 11) is 0. The average Bonchev–Trinajstić information content (AvgIpc) is 2.09. The van der Waals surface area contributed by atoms with Crippen LogP contribution in [0.1, 0.15) is 6.92 Å². The molecule has 0 saturated heterocycles. The molecule has 0 N–H and O–H groups in total. The van der Waals surface area contributed by atoms with Gasteiger partial charge in [0.15, 0.2) is 5.15 Å². The molecule has 1 aromatic rings. The van der Waals surface area contributed by atoms with Crippen LogP contribution >= 0.6 is 23.4 Å². The first kappa shape index (κ1) is 9.30. The third kappa shape index (κ3) is 2.68. The number of thioether (sulfide) groups is 1. The molecule has 0 saturated carbocycles. The van der Waals surface area contributed by atoms with Crippen LogP contribution in [0.2, 0.25) is 5.15 Å². The molecular formula is C7H6ClN3S. The lowest BCUT2D eigenvalue weighted by Crippen LogP contribution is -1.92. The van der Waals surface area contributed by atoms with Crippen molar-refractivity contribution in [2.24, 2.45) is 0 Å². The van der Waals surface area contributed by atoms with E-state index in [9.17, 15) is 0 Å². The molecule has 1 rings (SSSR count). The summed E-state index contributed by atoms with van der Waals surface area (Å²) in [6.07, 6.45) is 0. The summed E-state index contributed by atoms with van der Waals surface area (Å²) in [5, 5.41) is 16.9. The monoisotopic (exact) mass is 199 g/mol. The van der Waals surface area contributed by atoms with Gasteiger partial charge in [-0.1, -0.05) is 23.4 Å². The smallest absolute Gasteiger partial charge is 0.151 e. The van der Waals surface area contributed by atoms with Gasteiger partial charge in [-0.3, -0.25) is 0 Å². The summed E-state index contributed by atoms with van der Waals surface area (Å²) in [5.41, 5.74) is 0. The van der Waals surface area contributed by atoms with Crippen LogP contribution in [-0.4, -0.2) is 15.4 Å². The van der Waals surface area contributed by atoms with Gasteiger partial charge in [-0.2, -0.15) is 5.26 Å². The van der Waals surface area contributed by atoms with Crippen molar-refractivity contribution >= 4 is 23.4 Å². The van der Waals surface area contributed by atoms with Gasteiger partial charge in [-0.05, 0) is 19.1 Å². The normalized spacial score (nSPS) is 12.1. The molecule has 5 heteroatoms. The second kappa shape index (κ2) is 4.29. The molecule has 0 aliphatic heterocycles. The quantitative estimate of drug-likeness (QED) is 0.685. The molecule has 1 atom stereocenters. The Morgan fingerprint density at radius 2 is 2.33 bits per heavy atom. The third-order valence-electron chi connectivity index (χ3n) is 1.09. The number of hydrogen-bond acceptors (Lipinski definition) is 4. The minimum atomic E-state index is -0.111. The fourth-order valence-corrected chi connectivity index (χ4v) is 1.32. The van der Waals surface area contributed by atoms with E-state index in [-0.39, 0.29) is 5.25 Å². The Morgan fingerprint density at radius 1 is 1.58 bits per heavy atom. The van der Waals surface area contributed by atoms with E-state index in [2.05, 4.69) is 16.3 Å². The largest absolute Gasteiger partial charge is 0.197 e. The highest BCUT2D eigenvalue weighted by Crippen LogP contribution is 2.19. The minimum Gasteiger partial charge on any atom is -0.197 e. The molecule has 1 aromatic heterocycles. The molecular weight excluding hydrogens is 194 g/mol. The van der Waals surface area contributed by atoms with E-state index >= 15 is 0 Å². The Labute approximate surface area is 79.8 Å². The number of aromatic nitrogens is 2. The maximum atomic E-state index is 8.51. The highest BCUT2D eigenvalue weighted by atomic mass is 35.5. The highest BCUT2D eigenvalue weighted by Gasteiger charge is 2.03. The Hall–Kier alpha value is -0.790. The molecule has 0 spiro atoms. The zero-order valence-electron chi connectivity index (χ0n) is 6.36. The number of nitrogens with zero attached hydrogens (tertiary/aromatic N) is 3. The van der Waals surface area contributed by atoms with E-state index in [1.165, 1.54) is 11.8 Å². The van der Waals surface area contributed by atoms with Crippen molar-refractivity contribution in [2.75, 3.05) is 0 Å². The van der Waals surface area contributed by atoms with Crippen LogP contribution in [0.25, 0.3) is 0 Å². The Morgan fingerprint density at radius 3 is 2.83 bits per heavy atom. The van der Waals surface area contributed by atoms with Crippen LogP contribution in [0, 0.1) is 11.3 Å². The van der Waals surface area contributed by atoms with Crippen LogP contribution in [0.5, 0.6) is 0 Å². The molecule has 0 aromatic carbocycles. The van der Waals surface area contributed by atoms with Crippen LogP contribution in [-0.2, 0) is 0 Å². The molecule has 12 heavy (non-hydrogen) atoms. The predicted octanol–water partition coefficient (Wildman–Crippen LogP) is 2.13. The molecule has 0 radical (unpaired) electrons. The van der Waals surface area contributed by atoms with Gasteiger partial charge >= 0.3 is 0 Å². The molecule has 0 aliphatic rings. The van der Waals surface area contributed by atoms with Crippen molar-refractivity contribution in [1.82, 2.24) is 10.2 Å². The van der Waals surface area contributed by atoms with Gasteiger partial charge in [-0.15, -0.1) is 10.2 Å². The first-order valence-corrected chi connectivity index (χ1v) is 4.53. The van der Waals surface area contributed by atoms with Gasteiger partial charge in [0, 0.05) is 0 Å². The lowest BCUT2D eigenvalue weighted by atomic mass is 10.5. The maximum absolute atomic E-state index is 8.51. The van der Waals surface area contributed by atoms with Crippen LogP contribution in [0.4, 0.5) is 0 Å². The number of nitriles is 1. The van der Waals surface area contributed by atoms with E-state index in [0.29, 0.717) is 10.2 Å². The van der Waals surface area contributed by atoms with E-state index in [1.54, 1.807) is 19.1 Å². The SMILES string of the molecule is CC(C#N)Sc1ccc(Cl)nn1. The molecule has 0 bridgehead atoms. The van der Waals surface area contributed by atoms with Crippen molar-refractivity contribution in [2.45, 2.75) is 17.2 Å². The van der Waals surface area contributed by atoms with E-state index in [1.807, 2.05) is 0 Å². The molecule has 1 unspecified atom stereocenters. The van der Waals surface area contributed by atoms with Crippen molar-refractivity contribution in [1.29, 1.82) is 5.26 Å². The van der Waals surface area contributed by atoms with Crippen molar-refractivity contribution in [3.8, 4) is 6.07 Å². The minimum absolute atomic E-state index is 0.111. The number of rotatable bonds is 2. The molecule has 0 aliphatic carbocycles. The molecule has 62 valence electrons. The van der Waals surface area contributed by atoms with Crippen LogP contribution in [0.3, 0.4) is 0 Å². The standard InChI is InChI=1S/C7H6ClN3S/c1-5(4-9)12-7-3-2-6(8)10-11-7/h2-3,5H,1H3. The summed E-state index contributed by atoms with van der Waals surface area (Å²) >= 11 is 6.89. The first-order chi connectivity index (χ1) is 5.72. The fraction of sp³-hybridized carbons (Fsp3) is 0.286. The van der Waals surface area contributed by atoms with Gasteiger partial charge in [-0.25, -0.2) is 0 Å². The Balaban J connectivity index is 2.66. The lowest BCUT2D eigenvalue weighted by molar-refractivity contribution is 0.928. The summed E-state index contributed by atoms with van der Waals surface area (Å²) in [6.45, 7) is 1.81. The van der Waals surface area contributed by atoms with Crippen LogP contribution < -0.4 is 0 Å². The molecule has 1 heterocycles. The summed E-state index contributed by atoms with van der Waals surface area (Å²) in [5.74, 6) is 0. The second-order valence-corrected chi connectivity index (χ2v) is 3.83. The van der Waals surface area contributed by atoms with Crippen molar-refractivity contribution in [3.05, 3.63) is 17.3 Å². The first-order valence-electron chi connectivity index (χ1n) is 3.28. The Bertz CT molecular complexity index is 293. The summed E-state index contributed by atoms with van der Waals surface area (Å²) in [6, 6.07) is 5.49. The predicted molar refractivity (Wildman–Crippen MR) is 48.0 cm³/mol. The van der Waals surface area contributed by atoms with Crippen molar-refractivity contribution in [3.63, 3.8) is 0 Å². The van der Waals surface area contributed by atoms with Gasteiger partial charge in [0.05, 0.1) is 11.3 Å². The molecule has 3 nitrogen and oxygen atoms in total. The van der Waals surface area contributed by atoms with Gasteiger partial charge in [0.1, 0.15) is 5.03 Å². The molecule has 0 amide bonds. The van der Waals surface area contributed by atoms with E-state index in [4.69, 9.17) is 16.9 Å².